The second-order valence-corrected chi connectivity index (χ2v) is 10.3. The van der Waals surface area contributed by atoms with Gasteiger partial charge in [0.15, 0.2) is 0 Å². The summed E-state index contributed by atoms with van der Waals surface area (Å²) < 4.78 is 0. The molecule has 0 saturated carbocycles. The number of carbonyl (C=O) groups is 2. The first-order valence-electron chi connectivity index (χ1n) is 10.9. The van der Waals surface area contributed by atoms with E-state index < -0.39 is 0 Å². The van der Waals surface area contributed by atoms with E-state index in [1.165, 1.54) is 16.0 Å². The van der Waals surface area contributed by atoms with Gasteiger partial charge in [-0.2, -0.15) is 0 Å². The molecule has 3 rings (SSSR count). The highest BCUT2D eigenvalue weighted by Crippen LogP contribution is 2.38. The topological polar surface area (TPSA) is 40.6 Å². The highest BCUT2D eigenvalue weighted by molar-refractivity contribution is 7.10. The minimum absolute atomic E-state index is 0.0206. The standard InChI is InChI=1S/C25H34N2O2S/c1-7-17(2)27(18(3)28)16-23(29)26-14-12-22-21(13-15-30-22)24(26)19-8-10-20(11-9-19)25(4,5)6/h8-11,13,15,17,24H,7,12,14,16H2,1-6H3/t17-,24-/m1/s1. The van der Waals surface area contributed by atoms with E-state index in [1.807, 2.05) is 18.7 Å². The Morgan fingerprint density at radius 3 is 2.43 bits per heavy atom. The van der Waals surface area contributed by atoms with Gasteiger partial charge in [0.05, 0.1) is 6.04 Å². The number of nitrogens with zero attached hydrogens (tertiary/aromatic N) is 2. The van der Waals surface area contributed by atoms with Crippen LogP contribution in [0.15, 0.2) is 35.7 Å². The van der Waals surface area contributed by atoms with Crippen molar-refractivity contribution in [1.82, 2.24) is 9.80 Å². The molecule has 2 aromatic rings. The highest BCUT2D eigenvalue weighted by Gasteiger charge is 2.34. The number of hydrogen-bond donors (Lipinski definition) is 0. The Morgan fingerprint density at radius 1 is 1.20 bits per heavy atom. The second kappa shape index (κ2) is 8.93. The molecule has 2 heterocycles. The number of fused-ring (bicyclic) bond motifs is 1. The van der Waals surface area contributed by atoms with E-state index in [1.54, 1.807) is 23.2 Å². The number of benzene rings is 1. The van der Waals surface area contributed by atoms with Gasteiger partial charge in [0.1, 0.15) is 6.54 Å². The van der Waals surface area contributed by atoms with Gasteiger partial charge in [0.2, 0.25) is 11.8 Å². The zero-order chi connectivity index (χ0) is 22.1. The van der Waals surface area contributed by atoms with Gasteiger partial charge in [-0.3, -0.25) is 9.59 Å². The fraction of sp³-hybridized carbons (Fsp3) is 0.520. The van der Waals surface area contributed by atoms with Crippen LogP contribution in [-0.4, -0.2) is 40.7 Å². The molecule has 162 valence electrons. The van der Waals surface area contributed by atoms with Crippen molar-refractivity contribution in [3.8, 4) is 0 Å². The summed E-state index contributed by atoms with van der Waals surface area (Å²) in [5.41, 5.74) is 3.73. The maximum Gasteiger partial charge on any atom is 0.243 e. The van der Waals surface area contributed by atoms with Crippen LogP contribution in [0.3, 0.4) is 0 Å². The first-order chi connectivity index (χ1) is 14.1. The van der Waals surface area contributed by atoms with Crippen LogP contribution in [0.4, 0.5) is 0 Å². The molecule has 0 radical (unpaired) electrons. The number of hydrogen-bond acceptors (Lipinski definition) is 3. The summed E-state index contributed by atoms with van der Waals surface area (Å²) in [6.07, 6.45) is 1.71. The first-order valence-corrected chi connectivity index (χ1v) is 11.7. The zero-order valence-corrected chi connectivity index (χ0v) is 19.9. The number of thiophene rings is 1. The van der Waals surface area contributed by atoms with E-state index in [-0.39, 0.29) is 35.9 Å². The van der Waals surface area contributed by atoms with Crippen LogP contribution in [-0.2, 0) is 21.4 Å². The Hall–Kier alpha value is -2.14. The molecule has 1 aliphatic heterocycles. The van der Waals surface area contributed by atoms with Crippen LogP contribution in [0, 0.1) is 0 Å². The van der Waals surface area contributed by atoms with Gasteiger partial charge >= 0.3 is 0 Å². The smallest absolute Gasteiger partial charge is 0.243 e. The summed E-state index contributed by atoms with van der Waals surface area (Å²) in [5, 5.41) is 2.12. The third kappa shape index (κ3) is 4.61. The summed E-state index contributed by atoms with van der Waals surface area (Å²) >= 11 is 1.77. The van der Waals surface area contributed by atoms with Gasteiger partial charge < -0.3 is 9.80 Å². The molecule has 2 amide bonds. The molecule has 0 spiro atoms. The van der Waals surface area contributed by atoms with Crippen molar-refractivity contribution in [2.24, 2.45) is 0 Å². The van der Waals surface area contributed by atoms with E-state index in [9.17, 15) is 9.59 Å². The van der Waals surface area contributed by atoms with Crippen LogP contribution >= 0.6 is 11.3 Å². The maximum absolute atomic E-state index is 13.4. The molecular formula is C25H34N2O2S. The predicted octanol–water partition coefficient (Wildman–Crippen LogP) is 5.17. The molecule has 0 unspecified atom stereocenters. The molecule has 1 aliphatic rings. The molecule has 0 aliphatic carbocycles. The minimum atomic E-state index is -0.0905. The van der Waals surface area contributed by atoms with Crippen LogP contribution in [0.25, 0.3) is 0 Å². The molecule has 0 bridgehead atoms. The van der Waals surface area contributed by atoms with Crippen LogP contribution in [0.2, 0.25) is 0 Å². The number of rotatable bonds is 5. The Balaban J connectivity index is 1.93. The molecule has 2 atom stereocenters. The van der Waals surface area contributed by atoms with Crippen LogP contribution in [0.1, 0.15) is 75.6 Å². The monoisotopic (exact) mass is 426 g/mol. The van der Waals surface area contributed by atoms with E-state index in [0.717, 1.165) is 18.4 Å². The van der Waals surface area contributed by atoms with E-state index >= 15 is 0 Å². The zero-order valence-electron chi connectivity index (χ0n) is 19.1. The highest BCUT2D eigenvalue weighted by atomic mass is 32.1. The summed E-state index contributed by atoms with van der Waals surface area (Å²) in [4.78, 5) is 30.6. The Morgan fingerprint density at radius 2 is 1.87 bits per heavy atom. The van der Waals surface area contributed by atoms with Crippen molar-refractivity contribution < 1.29 is 9.59 Å². The lowest BCUT2D eigenvalue weighted by Gasteiger charge is -2.38. The molecule has 0 fully saturated rings. The van der Waals surface area contributed by atoms with Crippen molar-refractivity contribution in [2.75, 3.05) is 13.1 Å². The van der Waals surface area contributed by atoms with Crippen molar-refractivity contribution >= 4 is 23.2 Å². The van der Waals surface area contributed by atoms with Crippen LogP contribution < -0.4 is 0 Å². The molecular weight excluding hydrogens is 392 g/mol. The Labute approximate surface area is 184 Å². The molecule has 1 aromatic heterocycles. The average Bonchev–Trinajstić information content (AvgIpc) is 3.18. The lowest BCUT2D eigenvalue weighted by Crippen LogP contribution is -2.48. The molecule has 30 heavy (non-hydrogen) atoms. The van der Waals surface area contributed by atoms with Crippen molar-refractivity contribution in [3.63, 3.8) is 0 Å². The third-order valence-electron chi connectivity index (χ3n) is 6.21. The second-order valence-electron chi connectivity index (χ2n) is 9.31. The SMILES string of the molecule is CC[C@@H](C)N(CC(=O)N1CCc2sccc2[C@H]1c1ccc(C(C)(C)C)cc1)C(C)=O. The van der Waals surface area contributed by atoms with Gasteiger partial charge in [-0.05, 0) is 53.3 Å². The van der Waals surface area contributed by atoms with E-state index in [4.69, 9.17) is 0 Å². The summed E-state index contributed by atoms with van der Waals surface area (Å²) in [5.74, 6) is -0.0238. The molecule has 1 aromatic carbocycles. The largest absolute Gasteiger partial charge is 0.331 e. The summed E-state index contributed by atoms with van der Waals surface area (Å²) in [6, 6.07) is 10.8. The van der Waals surface area contributed by atoms with Crippen molar-refractivity contribution in [2.45, 2.75) is 71.9 Å². The molecule has 5 heteroatoms. The molecule has 4 nitrogen and oxygen atoms in total. The number of amides is 2. The van der Waals surface area contributed by atoms with Gasteiger partial charge in [0, 0.05) is 24.4 Å². The molecule has 0 saturated heterocycles. The van der Waals surface area contributed by atoms with Crippen molar-refractivity contribution in [3.05, 3.63) is 57.3 Å². The van der Waals surface area contributed by atoms with Gasteiger partial charge in [-0.25, -0.2) is 0 Å². The van der Waals surface area contributed by atoms with E-state index in [0.29, 0.717) is 6.54 Å². The number of carbonyl (C=O) groups excluding carboxylic acids is 2. The van der Waals surface area contributed by atoms with Crippen LogP contribution in [0.5, 0.6) is 0 Å². The fourth-order valence-electron chi connectivity index (χ4n) is 4.14. The lowest BCUT2D eigenvalue weighted by molar-refractivity contribution is -0.142. The first kappa shape index (κ1) is 22.5. The van der Waals surface area contributed by atoms with Gasteiger partial charge in [-0.1, -0.05) is 52.0 Å². The quantitative estimate of drug-likeness (QED) is 0.662. The summed E-state index contributed by atoms with van der Waals surface area (Å²) in [7, 11) is 0. The normalized spacial score (nSPS) is 17.4. The lowest BCUT2D eigenvalue weighted by atomic mass is 9.85. The predicted molar refractivity (Wildman–Crippen MR) is 124 cm³/mol. The summed E-state index contributed by atoms with van der Waals surface area (Å²) in [6.45, 7) is 13.1. The van der Waals surface area contributed by atoms with Crippen molar-refractivity contribution in [1.29, 1.82) is 0 Å². The minimum Gasteiger partial charge on any atom is -0.331 e. The Bertz CT molecular complexity index is 895. The fourth-order valence-corrected chi connectivity index (χ4v) is 5.05. The molecule has 0 N–H and O–H groups in total. The van der Waals surface area contributed by atoms with E-state index in [2.05, 4.69) is 56.5 Å². The maximum atomic E-state index is 13.4. The third-order valence-corrected chi connectivity index (χ3v) is 7.21. The van der Waals surface area contributed by atoms with Gasteiger partial charge in [0.25, 0.3) is 0 Å². The average molecular weight is 427 g/mol. The van der Waals surface area contributed by atoms with Gasteiger partial charge in [-0.15, -0.1) is 11.3 Å². The Kier molecular flexibility index (Phi) is 6.71.